The lowest BCUT2D eigenvalue weighted by Gasteiger charge is -2.63. The monoisotopic (exact) mass is 769 g/mol. The standard InChI is InChI=1S/C43H55N5O8/c1-6-39(52)21-25-22-42(38(51)56-5,33-27(13-18-48(54,23-25)24-39)26-11-8-9-12-30(26)45-33)29-19-28-31(20-32(29)55-4)46(3)35-41(28)15-17-47-16-10-14-40(7-2,34(41)47)36(49)43(35,53)37(44)50/h8-12,14,19-20,25,34-36,45,49,52-53H,6-7,13,15-18,21-24H2,1-5H3,(H2,44,50)/t25-,34+,35-,36-,39+,40-,41-,42+,43+,48?/m1/s1. The molecule has 3 aromatic rings. The average molecular weight is 770 g/mol. The number of fused-ring (bicyclic) bond motifs is 6. The summed E-state index contributed by atoms with van der Waals surface area (Å²) in [6.45, 7) is 5.73. The number of esters is 1. The smallest absolute Gasteiger partial charge is 0.322 e. The summed E-state index contributed by atoms with van der Waals surface area (Å²) in [6.07, 6.45) is 4.78. The quantitative estimate of drug-likeness (QED) is 0.108. The largest absolute Gasteiger partial charge is 0.633 e. The Labute approximate surface area is 327 Å². The molecule has 10 atom stereocenters. The van der Waals surface area contributed by atoms with Crippen LogP contribution in [0.25, 0.3) is 10.9 Å². The molecule has 56 heavy (non-hydrogen) atoms. The Morgan fingerprint density at radius 3 is 2.55 bits per heavy atom. The van der Waals surface area contributed by atoms with Gasteiger partial charge in [-0.15, -0.1) is 0 Å². The van der Waals surface area contributed by atoms with Crippen molar-refractivity contribution in [2.24, 2.45) is 17.1 Å². The van der Waals surface area contributed by atoms with Crippen LogP contribution in [0.3, 0.4) is 0 Å². The van der Waals surface area contributed by atoms with Crippen LogP contribution < -0.4 is 15.4 Å². The first-order valence-electron chi connectivity index (χ1n) is 20.2. The summed E-state index contributed by atoms with van der Waals surface area (Å²) < 4.78 is 11.6. The van der Waals surface area contributed by atoms with Gasteiger partial charge in [-0.25, -0.2) is 0 Å². The molecule has 2 aromatic carbocycles. The van der Waals surface area contributed by atoms with Gasteiger partial charge in [0.15, 0.2) is 5.60 Å². The highest BCUT2D eigenvalue weighted by molar-refractivity contribution is 5.95. The summed E-state index contributed by atoms with van der Waals surface area (Å²) in [6, 6.07) is 10.5. The van der Waals surface area contributed by atoms with E-state index in [0.29, 0.717) is 67.9 Å². The van der Waals surface area contributed by atoms with Gasteiger partial charge < -0.3 is 50.3 Å². The Balaban J connectivity index is 1.37. The highest BCUT2D eigenvalue weighted by Crippen LogP contribution is 2.67. The number of carbonyl (C=O) groups excluding carboxylic acids is 2. The van der Waals surface area contributed by atoms with Crippen molar-refractivity contribution in [3.63, 3.8) is 0 Å². The Morgan fingerprint density at radius 2 is 1.86 bits per heavy atom. The molecule has 3 fully saturated rings. The van der Waals surface area contributed by atoms with E-state index in [0.717, 1.165) is 22.0 Å². The highest BCUT2D eigenvalue weighted by atomic mass is 16.5. The Morgan fingerprint density at radius 1 is 1.09 bits per heavy atom. The lowest BCUT2D eigenvalue weighted by Crippen LogP contribution is -2.81. The van der Waals surface area contributed by atoms with Crippen molar-refractivity contribution in [1.82, 2.24) is 9.88 Å². The Hall–Kier alpha value is -3.98. The van der Waals surface area contributed by atoms with Crippen molar-refractivity contribution >= 4 is 28.5 Å². The van der Waals surface area contributed by atoms with E-state index in [4.69, 9.17) is 15.2 Å². The molecule has 5 aliphatic heterocycles. The minimum Gasteiger partial charge on any atom is -0.633 e. The number of nitrogens with zero attached hydrogens (tertiary/aromatic N) is 3. The van der Waals surface area contributed by atoms with E-state index in [1.54, 1.807) is 7.11 Å². The third-order valence-electron chi connectivity index (χ3n) is 15.5. The van der Waals surface area contributed by atoms with E-state index in [1.165, 1.54) is 7.11 Å². The number of hydroxylamine groups is 3. The van der Waals surface area contributed by atoms with Crippen LogP contribution in [0.5, 0.6) is 5.75 Å². The number of methoxy groups -OCH3 is 2. The molecule has 6 aliphatic rings. The average Bonchev–Trinajstić information content (AvgIpc) is 3.84. The summed E-state index contributed by atoms with van der Waals surface area (Å²) in [5.41, 5.74) is 3.54. The van der Waals surface area contributed by atoms with E-state index in [2.05, 4.69) is 9.88 Å². The minimum absolute atomic E-state index is 0.0848. The van der Waals surface area contributed by atoms with Crippen LogP contribution in [-0.2, 0) is 31.6 Å². The molecule has 6 N–H and O–H groups in total. The molecular formula is C43H55N5O8. The van der Waals surface area contributed by atoms with E-state index in [-0.39, 0.29) is 38.0 Å². The van der Waals surface area contributed by atoms with Crippen molar-refractivity contribution in [1.29, 1.82) is 0 Å². The number of aliphatic hydroxyl groups is 3. The van der Waals surface area contributed by atoms with Gasteiger partial charge in [0.2, 0.25) is 0 Å². The fraction of sp³-hybridized carbons (Fsp3) is 0.581. The fourth-order valence-electron chi connectivity index (χ4n) is 13.3. The number of hydrogen-bond acceptors (Lipinski definition) is 10. The molecule has 0 radical (unpaired) electrons. The van der Waals surface area contributed by atoms with Gasteiger partial charge in [0.25, 0.3) is 5.91 Å². The molecule has 1 amide bonds. The Kier molecular flexibility index (Phi) is 8.23. The summed E-state index contributed by atoms with van der Waals surface area (Å²) >= 11 is 0. The maximum absolute atomic E-state index is 15.2. The van der Waals surface area contributed by atoms with Crippen molar-refractivity contribution in [2.45, 2.75) is 92.6 Å². The van der Waals surface area contributed by atoms with E-state index < -0.39 is 56.1 Å². The van der Waals surface area contributed by atoms with Crippen molar-refractivity contribution in [3.8, 4) is 5.75 Å². The van der Waals surface area contributed by atoms with Crippen LogP contribution in [0.2, 0.25) is 0 Å². The number of H-pyrrole nitrogens is 1. The molecule has 9 rings (SSSR count). The first kappa shape index (κ1) is 37.6. The second-order valence-electron chi connectivity index (χ2n) is 17.9. The molecule has 1 saturated carbocycles. The number of nitrogens with two attached hydrogens (primary N) is 1. The number of hydrogen-bond donors (Lipinski definition) is 5. The van der Waals surface area contributed by atoms with Crippen LogP contribution in [-0.4, -0.2) is 125 Å². The maximum Gasteiger partial charge on any atom is 0.322 e. The predicted molar refractivity (Wildman–Crippen MR) is 210 cm³/mol. The third kappa shape index (κ3) is 4.52. The highest BCUT2D eigenvalue weighted by Gasteiger charge is 2.78. The fourth-order valence-corrected chi connectivity index (χ4v) is 13.3. The second kappa shape index (κ2) is 12.3. The van der Waals surface area contributed by atoms with Gasteiger partial charge in [-0.3, -0.25) is 14.5 Å². The van der Waals surface area contributed by atoms with Crippen molar-refractivity contribution < 1.29 is 39.0 Å². The van der Waals surface area contributed by atoms with Gasteiger partial charge in [0.05, 0.1) is 33.4 Å². The first-order chi connectivity index (χ1) is 26.6. The van der Waals surface area contributed by atoms with E-state index >= 15 is 4.79 Å². The molecule has 13 heteroatoms. The van der Waals surface area contributed by atoms with Crippen molar-refractivity contribution in [3.05, 3.63) is 76.1 Å². The predicted octanol–water partition coefficient (Wildman–Crippen LogP) is 2.75. The topological polar surface area (TPSA) is 185 Å². The summed E-state index contributed by atoms with van der Waals surface area (Å²) in [5.74, 6) is -1.50. The van der Waals surface area contributed by atoms with Gasteiger partial charge >= 0.3 is 5.97 Å². The second-order valence-corrected chi connectivity index (χ2v) is 17.9. The molecule has 2 bridgehead atoms. The van der Waals surface area contributed by atoms with Crippen LogP contribution in [0, 0.1) is 16.5 Å². The van der Waals surface area contributed by atoms with Crippen LogP contribution in [0.1, 0.15) is 68.3 Å². The maximum atomic E-state index is 15.2. The number of ether oxygens (including phenoxy) is 2. The number of nitrogens with one attached hydrogen (secondary N) is 1. The summed E-state index contributed by atoms with van der Waals surface area (Å²) in [4.78, 5) is 36.8. The number of aromatic nitrogens is 1. The van der Waals surface area contributed by atoms with E-state index in [1.807, 2.05) is 74.3 Å². The number of piperidine rings is 1. The molecule has 6 heterocycles. The zero-order chi connectivity index (χ0) is 39.8. The first-order valence-corrected chi connectivity index (χ1v) is 20.2. The molecular weight excluding hydrogens is 714 g/mol. The molecule has 1 aliphatic carbocycles. The normalized spacial score (nSPS) is 39.8. The lowest BCUT2D eigenvalue weighted by molar-refractivity contribution is -0.896. The zero-order valence-corrected chi connectivity index (χ0v) is 33.0. The number of carbonyl (C=O) groups is 2. The number of aliphatic hydroxyl groups excluding tert-OH is 1. The van der Waals surface area contributed by atoms with Gasteiger partial charge in [-0.2, -0.15) is 0 Å². The number of anilines is 1. The zero-order valence-electron chi connectivity index (χ0n) is 33.0. The number of amides is 1. The summed E-state index contributed by atoms with van der Waals surface area (Å²) in [5, 5.41) is 52.6. The molecule has 2 saturated heterocycles. The minimum atomic E-state index is -2.34. The lowest BCUT2D eigenvalue weighted by atomic mass is 9.47. The van der Waals surface area contributed by atoms with Crippen LogP contribution in [0.15, 0.2) is 48.6 Å². The van der Waals surface area contributed by atoms with Gasteiger partial charge in [-0.05, 0) is 61.9 Å². The molecule has 1 spiro atoms. The van der Waals surface area contributed by atoms with Gasteiger partial charge in [-0.1, -0.05) is 44.2 Å². The van der Waals surface area contributed by atoms with Crippen LogP contribution >= 0.6 is 0 Å². The number of likely N-dealkylation sites (N-methyl/N-ethyl adjacent to an activating group) is 1. The summed E-state index contributed by atoms with van der Waals surface area (Å²) in [7, 11) is 4.76. The number of para-hydroxylation sites is 1. The number of quaternary nitrogens is 1. The number of rotatable bonds is 6. The number of benzene rings is 2. The molecule has 13 nitrogen and oxygen atoms in total. The molecule has 300 valence electrons. The van der Waals surface area contributed by atoms with Crippen LogP contribution in [0.4, 0.5) is 5.69 Å². The van der Waals surface area contributed by atoms with Crippen molar-refractivity contribution in [2.75, 3.05) is 58.9 Å². The third-order valence-corrected chi connectivity index (χ3v) is 15.5. The SMILES string of the molecule is CC[C@]1(O)C[C@@H]2C[C@](C(=O)OC)(c3cc4c(cc3OC)N(C)[C@H]3[C@@](O)(C(N)=O)[C@H](O)[C@]5(CC)C=CCN6CC[C@]43[C@@H]65)c3[nH]c4ccccc4c3CC[N+]([O-])(C2)C1. The number of aromatic amines is 1. The Bertz CT molecular complexity index is 2170. The molecule has 1 unspecified atom stereocenters. The van der Waals surface area contributed by atoms with Gasteiger partial charge in [0, 0.05) is 76.7 Å². The molecule has 1 aromatic heterocycles. The number of primary amides is 1. The van der Waals surface area contributed by atoms with E-state index in [9.17, 15) is 25.3 Å². The van der Waals surface area contributed by atoms with Gasteiger partial charge in [0.1, 0.15) is 29.4 Å².